The summed E-state index contributed by atoms with van der Waals surface area (Å²) < 4.78 is 5.55. The van der Waals surface area contributed by atoms with Gasteiger partial charge in [0.05, 0.1) is 29.3 Å². The predicted molar refractivity (Wildman–Crippen MR) is 89.6 cm³/mol. The Balaban J connectivity index is 1.84. The largest absolute Gasteiger partial charge is 0.492 e. The Morgan fingerprint density at radius 3 is 2.77 bits per heavy atom. The number of aliphatic hydroxyl groups is 1. The molecule has 10 nitrogen and oxygen atoms in total. The van der Waals surface area contributed by atoms with E-state index in [9.17, 15) is 20.0 Å². The van der Waals surface area contributed by atoms with Gasteiger partial charge in [-0.15, -0.1) is 5.11 Å². The first kappa shape index (κ1) is 17.3. The van der Waals surface area contributed by atoms with Gasteiger partial charge in [-0.3, -0.25) is 14.9 Å². The second kappa shape index (κ2) is 7.57. The molecule has 1 amide bonds. The molecule has 2 aromatic rings. The van der Waals surface area contributed by atoms with Crippen LogP contribution in [0.2, 0.25) is 0 Å². The standard InChI is InChI=1S/C16H15N5O5/c22-10-12-2-1-11(9-15(12)21(24)25)16(23)20-7-8-26-14-5-3-13(4-6-14)17-18-19-20/h1-6,9,22H,7-8,10H2,(H,17,19). The molecule has 0 spiro atoms. The second-order valence-electron chi connectivity index (χ2n) is 5.36. The smallest absolute Gasteiger partial charge is 0.275 e. The molecule has 134 valence electrons. The normalized spacial score (nSPS) is 13.5. The number of hydrogen-bond donors (Lipinski definition) is 2. The lowest BCUT2D eigenvalue weighted by Crippen LogP contribution is -2.42. The number of aliphatic hydroxyl groups excluding tert-OH is 1. The molecule has 2 heterocycles. The minimum absolute atomic E-state index is 0.0750. The zero-order valence-electron chi connectivity index (χ0n) is 13.5. The molecule has 0 unspecified atom stereocenters. The average molecular weight is 357 g/mol. The Morgan fingerprint density at radius 1 is 1.31 bits per heavy atom. The highest BCUT2D eigenvalue weighted by molar-refractivity contribution is 5.94. The van der Waals surface area contributed by atoms with Crippen molar-refractivity contribution in [2.45, 2.75) is 6.61 Å². The highest BCUT2D eigenvalue weighted by Crippen LogP contribution is 2.22. The van der Waals surface area contributed by atoms with Gasteiger partial charge in [0.15, 0.2) is 0 Å². The van der Waals surface area contributed by atoms with Crippen molar-refractivity contribution in [3.05, 3.63) is 63.7 Å². The first-order valence-corrected chi connectivity index (χ1v) is 7.68. The number of fused-ring (bicyclic) bond motifs is 7. The van der Waals surface area contributed by atoms with Crippen LogP contribution in [-0.4, -0.2) is 34.1 Å². The van der Waals surface area contributed by atoms with Gasteiger partial charge >= 0.3 is 0 Å². The Bertz CT molecular complexity index is 853. The van der Waals surface area contributed by atoms with Crippen molar-refractivity contribution in [3.63, 3.8) is 0 Å². The fraction of sp³-hybridized carbons (Fsp3) is 0.188. The van der Waals surface area contributed by atoms with Crippen LogP contribution in [0.1, 0.15) is 15.9 Å². The minimum atomic E-state index is -0.645. The van der Waals surface area contributed by atoms with Crippen LogP contribution < -0.4 is 10.3 Å². The van der Waals surface area contributed by atoms with Crippen LogP contribution in [0.4, 0.5) is 11.4 Å². The van der Waals surface area contributed by atoms with E-state index in [1.54, 1.807) is 24.3 Å². The summed E-state index contributed by atoms with van der Waals surface area (Å²) in [6, 6.07) is 10.8. The molecule has 4 rings (SSSR count). The highest BCUT2D eigenvalue weighted by Gasteiger charge is 2.21. The fourth-order valence-electron chi connectivity index (χ4n) is 2.35. The van der Waals surface area contributed by atoms with Gasteiger partial charge in [-0.1, -0.05) is 5.22 Å². The van der Waals surface area contributed by atoms with E-state index < -0.39 is 17.4 Å². The maximum atomic E-state index is 12.7. The number of nitro benzene ring substituents is 1. The third-order valence-electron chi connectivity index (χ3n) is 3.70. The number of carbonyl (C=O) groups is 1. The van der Waals surface area contributed by atoms with Crippen molar-refractivity contribution < 1.29 is 19.6 Å². The van der Waals surface area contributed by atoms with Crippen LogP contribution in [0.3, 0.4) is 0 Å². The first-order chi connectivity index (χ1) is 12.6. The van der Waals surface area contributed by atoms with Crippen molar-refractivity contribution in [3.8, 4) is 5.75 Å². The highest BCUT2D eigenvalue weighted by atomic mass is 16.6. The van der Waals surface area contributed by atoms with E-state index in [2.05, 4.69) is 15.9 Å². The zero-order chi connectivity index (χ0) is 18.5. The molecule has 10 heteroatoms. The van der Waals surface area contributed by atoms with Gasteiger partial charge in [0.25, 0.3) is 11.6 Å². The second-order valence-corrected chi connectivity index (χ2v) is 5.36. The molecule has 0 fully saturated rings. The van der Waals surface area contributed by atoms with Crippen molar-refractivity contribution in [2.75, 3.05) is 13.2 Å². The van der Waals surface area contributed by atoms with E-state index in [0.717, 1.165) is 11.1 Å². The number of rotatable bonds is 3. The molecule has 0 atom stereocenters. The topological polar surface area (TPSA) is 130 Å². The molecule has 2 aliphatic heterocycles. The van der Waals surface area contributed by atoms with Crippen molar-refractivity contribution >= 4 is 17.3 Å². The number of ether oxygens (including phenoxy) is 1. The summed E-state index contributed by atoms with van der Waals surface area (Å²) in [7, 11) is 0. The number of carbonyl (C=O) groups excluding carboxylic acids is 1. The van der Waals surface area contributed by atoms with Crippen LogP contribution in [-0.2, 0) is 6.61 Å². The molecule has 2 bridgehead atoms. The van der Waals surface area contributed by atoms with E-state index in [1.807, 2.05) is 0 Å². The lowest BCUT2D eigenvalue weighted by atomic mass is 10.1. The fourth-order valence-corrected chi connectivity index (χ4v) is 2.35. The Morgan fingerprint density at radius 2 is 2.08 bits per heavy atom. The van der Waals surface area contributed by atoms with Crippen LogP contribution >= 0.6 is 0 Å². The predicted octanol–water partition coefficient (Wildman–Crippen LogP) is 2.13. The monoisotopic (exact) mass is 357 g/mol. The summed E-state index contributed by atoms with van der Waals surface area (Å²) in [6.45, 7) is -0.176. The molecule has 2 N–H and O–H groups in total. The molecule has 0 saturated heterocycles. The maximum absolute atomic E-state index is 12.7. The van der Waals surface area contributed by atoms with Crippen LogP contribution in [0, 0.1) is 10.1 Å². The number of nitrogens with zero attached hydrogens (tertiary/aromatic N) is 4. The summed E-state index contributed by atoms with van der Waals surface area (Å²) in [5.74, 6) is 0.0869. The molecular formula is C16H15N5O5. The lowest BCUT2D eigenvalue weighted by molar-refractivity contribution is -0.385. The molecule has 0 aliphatic carbocycles. The van der Waals surface area contributed by atoms with E-state index in [-0.39, 0.29) is 30.0 Å². The Hall–Kier alpha value is -3.53. The summed E-state index contributed by atoms with van der Waals surface area (Å²) in [4.78, 5) is 23.1. The van der Waals surface area contributed by atoms with Crippen LogP contribution in [0.5, 0.6) is 5.75 Å². The van der Waals surface area contributed by atoms with Crippen molar-refractivity contribution in [2.24, 2.45) is 10.3 Å². The molecule has 0 aromatic heterocycles. The number of hydrazine groups is 1. The van der Waals surface area contributed by atoms with Crippen molar-refractivity contribution in [1.29, 1.82) is 0 Å². The Labute approximate surface area is 147 Å². The van der Waals surface area contributed by atoms with E-state index in [4.69, 9.17) is 4.74 Å². The third-order valence-corrected chi connectivity index (χ3v) is 3.70. The summed E-state index contributed by atoms with van der Waals surface area (Å²) in [5.41, 5.74) is 2.97. The van der Waals surface area contributed by atoms with Gasteiger partial charge in [-0.05, 0) is 36.4 Å². The quantitative estimate of drug-likeness (QED) is 0.639. The maximum Gasteiger partial charge on any atom is 0.275 e. The van der Waals surface area contributed by atoms with E-state index >= 15 is 0 Å². The SMILES string of the molecule is O=C(c1ccc(CO)c([N+](=O)[O-])c1)N1CCOc2ccc(cc2)N=NN1. The van der Waals surface area contributed by atoms with Crippen molar-refractivity contribution in [1.82, 2.24) is 10.5 Å². The minimum Gasteiger partial charge on any atom is -0.492 e. The molecule has 0 radical (unpaired) electrons. The van der Waals surface area contributed by atoms with E-state index in [0.29, 0.717) is 11.4 Å². The van der Waals surface area contributed by atoms with Gasteiger partial charge in [0.2, 0.25) is 0 Å². The number of hydrogen-bond acceptors (Lipinski definition) is 8. The molecular weight excluding hydrogens is 342 g/mol. The molecule has 2 aromatic carbocycles. The summed E-state index contributed by atoms with van der Waals surface area (Å²) in [6.07, 6.45) is 0. The van der Waals surface area contributed by atoms with Gasteiger partial charge in [0, 0.05) is 11.6 Å². The van der Waals surface area contributed by atoms with E-state index in [1.165, 1.54) is 12.1 Å². The van der Waals surface area contributed by atoms with Gasteiger partial charge < -0.3 is 9.84 Å². The van der Waals surface area contributed by atoms with Gasteiger partial charge in [-0.25, -0.2) is 5.01 Å². The third kappa shape index (κ3) is 3.75. The number of nitro groups is 1. The number of benzene rings is 2. The first-order valence-electron chi connectivity index (χ1n) is 7.68. The Kier molecular flexibility index (Phi) is 5.04. The zero-order valence-corrected chi connectivity index (χ0v) is 13.5. The number of amides is 1. The lowest BCUT2D eigenvalue weighted by Gasteiger charge is -2.20. The number of nitrogens with one attached hydrogen (secondary N) is 1. The summed E-state index contributed by atoms with van der Waals surface area (Å²) >= 11 is 0. The van der Waals surface area contributed by atoms with Gasteiger partial charge in [0.1, 0.15) is 12.4 Å². The van der Waals surface area contributed by atoms with Crippen LogP contribution in [0.15, 0.2) is 52.8 Å². The molecule has 26 heavy (non-hydrogen) atoms. The molecule has 0 saturated carbocycles. The van der Waals surface area contributed by atoms with Gasteiger partial charge in [-0.2, -0.15) is 5.53 Å². The van der Waals surface area contributed by atoms with Crippen LogP contribution in [0.25, 0.3) is 0 Å². The summed E-state index contributed by atoms with van der Waals surface area (Å²) in [5, 5.41) is 29.1. The average Bonchev–Trinajstić information content (AvgIpc) is 2.74. The molecule has 2 aliphatic rings.